The van der Waals surface area contributed by atoms with E-state index in [-0.39, 0.29) is 23.6 Å². The van der Waals surface area contributed by atoms with Crippen molar-refractivity contribution in [2.45, 2.75) is 31.9 Å². The maximum Gasteiger partial charge on any atom is 0.416 e. The zero-order valence-electron chi connectivity index (χ0n) is 16.4. The second-order valence-corrected chi connectivity index (χ2v) is 7.67. The first-order chi connectivity index (χ1) is 14.2. The number of benzene rings is 2. The lowest BCUT2D eigenvalue weighted by molar-refractivity contribution is -0.137. The number of anilines is 1. The van der Waals surface area contributed by atoms with Crippen LogP contribution < -0.4 is 5.32 Å². The minimum absolute atomic E-state index is 0.118. The first-order valence-corrected chi connectivity index (χ1v) is 10.2. The summed E-state index contributed by atoms with van der Waals surface area (Å²) in [6.45, 7) is 2.86. The highest BCUT2D eigenvalue weighted by Gasteiger charge is 2.31. The van der Waals surface area contributed by atoms with Gasteiger partial charge in [0.05, 0.1) is 5.56 Å². The quantitative estimate of drug-likeness (QED) is 0.666. The molecular formula is C22H22ClF3N2O2. The van der Waals surface area contributed by atoms with Crippen LogP contribution in [0.5, 0.6) is 0 Å². The molecule has 0 bridgehead atoms. The van der Waals surface area contributed by atoms with Gasteiger partial charge in [0, 0.05) is 24.3 Å². The summed E-state index contributed by atoms with van der Waals surface area (Å²) in [4.78, 5) is 26.2. The molecule has 2 amide bonds. The number of piperidine rings is 1. The molecule has 4 nitrogen and oxygen atoms in total. The third-order valence-corrected chi connectivity index (χ3v) is 5.61. The van der Waals surface area contributed by atoms with Crippen LogP contribution in [0, 0.1) is 6.92 Å². The van der Waals surface area contributed by atoms with Crippen molar-refractivity contribution in [2.75, 3.05) is 24.3 Å². The molecule has 1 heterocycles. The summed E-state index contributed by atoms with van der Waals surface area (Å²) in [5, 5.41) is 2.68. The first kappa shape index (κ1) is 22.2. The minimum Gasteiger partial charge on any atom is -0.339 e. The monoisotopic (exact) mass is 438 g/mol. The molecule has 0 atom stereocenters. The first-order valence-electron chi connectivity index (χ1n) is 9.62. The summed E-state index contributed by atoms with van der Waals surface area (Å²) in [6, 6.07) is 10.4. The fourth-order valence-electron chi connectivity index (χ4n) is 3.62. The average molecular weight is 439 g/mol. The van der Waals surface area contributed by atoms with Gasteiger partial charge in [0.2, 0.25) is 5.91 Å². The number of alkyl halides is 4. The van der Waals surface area contributed by atoms with Crippen LogP contribution in [0.2, 0.25) is 0 Å². The molecule has 0 spiro atoms. The summed E-state index contributed by atoms with van der Waals surface area (Å²) >= 11 is 5.53. The second kappa shape index (κ2) is 9.08. The second-order valence-electron chi connectivity index (χ2n) is 7.40. The van der Waals surface area contributed by atoms with E-state index in [9.17, 15) is 22.8 Å². The zero-order valence-corrected chi connectivity index (χ0v) is 17.2. The van der Waals surface area contributed by atoms with Crippen LogP contribution in [-0.4, -0.2) is 35.7 Å². The molecule has 1 aliphatic heterocycles. The number of nitrogens with one attached hydrogen (secondary N) is 1. The van der Waals surface area contributed by atoms with E-state index in [1.54, 1.807) is 23.1 Å². The van der Waals surface area contributed by atoms with Gasteiger partial charge in [-0.1, -0.05) is 18.2 Å². The molecule has 8 heteroatoms. The number of carbonyl (C=O) groups is 2. The number of hydrogen-bond donors (Lipinski definition) is 1. The molecule has 0 radical (unpaired) electrons. The molecule has 160 valence electrons. The van der Waals surface area contributed by atoms with E-state index in [0.29, 0.717) is 37.2 Å². The Bertz CT molecular complexity index is 921. The molecule has 2 aromatic rings. The molecule has 30 heavy (non-hydrogen) atoms. The molecule has 1 N–H and O–H groups in total. The van der Waals surface area contributed by atoms with Crippen molar-refractivity contribution in [3.8, 4) is 0 Å². The van der Waals surface area contributed by atoms with Crippen LogP contribution in [0.1, 0.15) is 45.8 Å². The van der Waals surface area contributed by atoms with Gasteiger partial charge in [-0.15, -0.1) is 11.6 Å². The number of amides is 2. The SMILES string of the molecule is Cc1ccc(C(=O)N2CCC(c3ccc(C(F)(F)F)cc3)CC2)cc1NC(=O)CCl. The average Bonchev–Trinajstić information content (AvgIpc) is 2.74. The lowest BCUT2D eigenvalue weighted by Gasteiger charge is -2.32. The fraction of sp³-hybridized carbons (Fsp3) is 0.364. The van der Waals surface area contributed by atoms with Crippen LogP contribution in [0.3, 0.4) is 0 Å². The number of nitrogens with zero attached hydrogens (tertiary/aromatic N) is 1. The lowest BCUT2D eigenvalue weighted by atomic mass is 9.88. The van der Waals surface area contributed by atoms with E-state index < -0.39 is 11.7 Å². The number of aryl methyl sites for hydroxylation is 1. The van der Waals surface area contributed by atoms with E-state index in [4.69, 9.17) is 11.6 Å². The molecule has 3 rings (SSSR count). The van der Waals surface area contributed by atoms with Gasteiger partial charge < -0.3 is 10.2 Å². The smallest absolute Gasteiger partial charge is 0.339 e. The Balaban J connectivity index is 1.64. The van der Waals surface area contributed by atoms with Crippen LogP contribution in [0.15, 0.2) is 42.5 Å². The van der Waals surface area contributed by atoms with E-state index in [1.807, 2.05) is 6.92 Å². The topological polar surface area (TPSA) is 49.4 Å². The number of rotatable bonds is 4. The number of halogens is 4. The maximum absolute atomic E-state index is 12.9. The number of likely N-dealkylation sites (tertiary alicyclic amines) is 1. The van der Waals surface area contributed by atoms with Gasteiger partial charge in [-0.3, -0.25) is 9.59 Å². The Hall–Kier alpha value is -2.54. The highest BCUT2D eigenvalue weighted by molar-refractivity contribution is 6.29. The Labute approximate surface area is 178 Å². The molecule has 2 aromatic carbocycles. The van der Waals surface area contributed by atoms with Gasteiger partial charge in [-0.25, -0.2) is 0 Å². The third kappa shape index (κ3) is 5.14. The predicted molar refractivity (Wildman–Crippen MR) is 110 cm³/mol. The van der Waals surface area contributed by atoms with E-state index in [1.165, 1.54) is 12.1 Å². The molecule has 1 aliphatic rings. The van der Waals surface area contributed by atoms with Gasteiger partial charge in [0.15, 0.2) is 0 Å². The fourth-order valence-corrected chi connectivity index (χ4v) is 3.68. The standard InChI is InChI=1S/C22H22ClF3N2O2/c1-14-2-3-17(12-19(14)27-20(29)13-23)21(30)28-10-8-16(9-11-28)15-4-6-18(7-5-15)22(24,25)26/h2-7,12,16H,8-11,13H2,1H3,(H,27,29). The summed E-state index contributed by atoms with van der Waals surface area (Å²) in [7, 11) is 0. The Kier molecular flexibility index (Phi) is 6.71. The zero-order chi connectivity index (χ0) is 21.9. The van der Waals surface area contributed by atoms with Crippen molar-refractivity contribution >= 4 is 29.1 Å². The lowest BCUT2D eigenvalue weighted by Crippen LogP contribution is -2.38. The van der Waals surface area contributed by atoms with Gasteiger partial charge >= 0.3 is 6.18 Å². The highest BCUT2D eigenvalue weighted by atomic mass is 35.5. The molecule has 0 aromatic heterocycles. The number of carbonyl (C=O) groups excluding carboxylic acids is 2. The summed E-state index contributed by atoms with van der Waals surface area (Å²) in [5.74, 6) is -0.536. The van der Waals surface area contributed by atoms with Crippen LogP contribution >= 0.6 is 11.6 Å². The highest BCUT2D eigenvalue weighted by Crippen LogP contribution is 2.33. The molecule has 1 saturated heterocycles. The van der Waals surface area contributed by atoms with Crippen LogP contribution in [0.4, 0.5) is 18.9 Å². The van der Waals surface area contributed by atoms with Gasteiger partial charge in [-0.2, -0.15) is 13.2 Å². The Morgan fingerprint density at radius 1 is 1.10 bits per heavy atom. The maximum atomic E-state index is 12.9. The van der Waals surface area contributed by atoms with Gasteiger partial charge in [-0.05, 0) is 61.1 Å². The Morgan fingerprint density at radius 2 is 1.73 bits per heavy atom. The van der Waals surface area contributed by atoms with Gasteiger partial charge in [0.25, 0.3) is 5.91 Å². The van der Waals surface area contributed by atoms with Crippen LogP contribution in [0.25, 0.3) is 0 Å². The van der Waals surface area contributed by atoms with Crippen molar-refractivity contribution in [1.82, 2.24) is 4.90 Å². The predicted octanol–water partition coefficient (Wildman–Crippen LogP) is 5.21. The Morgan fingerprint density at radius 3 is 2.30 bits per heavy atom. The van der Waals surface area contributed by atoms with Crippen molar-refractivity contribution in [2.24, 2.45) is 0 Å². The summed E-state index contributed by atoms with van der Waals surface area (Å²) in [6.07, 6.45) is -2.98. The van der Waals surface area contributed by atoms with Crippen molar-refractivity contribution in [3.63, 3.8) is 0 Å². The molecule has 0 saturated carbocycles. The summed E-state index contributed by atoms with van der Waals surface area (Å²) in [5.41, 5.74) is 2.04. The minimum atomic E-state index is -4.34. The van der Waals surface area contributed by atoms with Crippen molar-refractivity contribution < 1.29 is 22.8 Å². The van der Waals surface area contributed by atoms with E-state index in [0.717, 1.165) is 23.3 Å². The summed E-state index contributed by atoms with van der Waals surface area (Å²) < 4.78 is 38.2. The largest absolute Gasteiger partial charge is 0.416 e. The molecule has 0 unspecified atom stereocenters. The van der Waals surface area contributed by atoms with Crippen molar-refractivity contribution in [1.29, 1.82) is 0 Å². The molecule has 1 fully saturated rings. The van der Waals surface area contributed by atoms with Gasteiger partial charge in [0.1, 0.15) is 5.88 Å². The third-order valence-electron chi connectivity index (χ3n) is 5.37. The normalized spacial score (nSPS) is 15.2. The van der Waals surface area contributed by atoms with Crippen LogP contribution in [-0.2, 0) is 11.0 Å². The van der Waals surface area contributed by atoms with Crippen molar-refractivity contribution in [3.05, 3.63) is 64.7 Å². The molecule has 0 aliphatic carbocycles. The molecular weight excluding hydrogens is 417 g/mol. The van der Waals surface area contributed by atoms with E-state index >= 15 is 0 Å². The van der Waals surface area contributed by atoms with E-state index in [2.05, 4.69) is 5.32 Å². The number of hydrogen-bond acceptors (Lipinski definition) is 2.